The van der Waals surface area contributed by atoms with E-state index in [0.29, 0.717) is 22.1 Å². The van der Waals surface area contributed by atoms with Crippen molar-refractivity contribution in [1.82, 2.24) is 4.98 Å². The number of aromatic nitrogens is 1. The topological polar surface area (TPSA) is 71.1 Å². The first-order chi connectivity index (χ1) is 12.3. The van der Waals surface area contributed by atoms with Gasteiger partial charge in [-0.1, -0.05) is 29.8 Å². The lowest BCUT2D eigenvalue weighted by Crippen LogP contribution is -2.14. The summed E-state index contributed by atoms with van der Waals surface area (Å²) in [6, 6.07) is 15.7. The second-order valence-corrected chi connectivity index (χ2v) is 7.97. The Balaban J connectivity index is 1.76. The molecular formula is C19H18ClN3O2S. The Morgan fingerprint density at radius 1 is 0.962 bits per heavy atom. The third-order valence-corrected chi connectivity index (χ3v) is 5.63. The number of nitrogens with zero attached hydrogens (tertiary/aromatic N) is 1. The molecule has 134 valence electrons. The van der Waals surface area contributed by atoms with Crippen molar-refractivity contribution < 1.29 is 8.42 Å². The molecule has 5 nitrogen and oxygen atoms in total. The predicted molar refractivity (Wildman–Crippen MR) is 106 cm³/mol. The molecule has 0 aliphatic rings. The minimum Gasteiger partial charge on any atom is -0.340 e. The van der Waals surface area contributed by atoms with Crippen LogP contribution in [0.1, 0.15) is 11.1 Å². The maximum atomic E-state index is 12.5. The normalized spacial score (nSPS) is 11.2. The molecule has 26 heavy (non-hydrogen) atoms. The second-order valence-electron chi connectivity index (χ2n) is 5.89. The zero-order valence-corrected chi connectivity index (χ0v) is 15.9. The second kappa shape index (κ2) is 7.35. The van der Waals surface area contributed by atoms with Crippen LogP contribution < -0.4 is 10.0 Å². The quantitative estimate of drug-likeness (QED) is 0.653. The van der Waals surface area contributed by atoms with Crippen LogP contribution in [0, 0.1) is 13.8 Å². The van der Waals surface area contributed by atoms with Gasteiger partial charge in [0.1, 0.15) is 5.82 Å². The van der Waals surface area contributed by atoms with Gasteiger partial charge in [-0.3, -0.25) is 4.72 Å². The molecule has 1 aromatic heterocycles. The van der Waals surface area contributed by atoms with Crippen molar-refractivity contribution in [2.24, 2.45) is 0 Å². The van der Waals surface area contributed by atoms with E-state index in [1.165, 1.54) is 6.20 Å². The highest BCUT2D eigenvalue weighted by atomic mass is 35.5. The zero-order valence-electron chi connectivity index (χ0n) is 14.3. The number of pyridine rings is 1. The van der Waals surface area contributed by atoms with E-state index in [1.807, 2.05) is 19.1 Å². The molecule has 0 amide bonds. The van der Waals surface area contributed by atoms with Gasteiger partial charge < -0.3 is 5.32 Å². The number of halogens is 1. The van der Waals surface area contributed by atoms with Gasteiger partial charge in [0.25, 0.3) is 10.0 Å². The molecule has 2 aromatic carbocycles. The molecule has 0 spiro atoms. The summed E-state index contributed by atoms with van der Waals surface area (Å²) in [6.45, 7) is 3.70. The summed E-state index contributed by atoms with van der Waals surface area (Å²) in [5, 5.41) is 3.85. The molecule has 0 saturated carbocycles. The number of rotatable bonds is 5. The summed E-state index contributed by atoms with van der Waals surface area (Å²) in [5.74, 6) is 0.606. The third-order valence-electron chi connectivity index (χ3n) is 3.85. The van der Waals surface area contributed by atoms with Crippen LogP contribution in [0.25, 0.3) is 0 Å². The summed E-state index contributed by atoms with van der Waals surface area (Å²) < 4.78 is 27.6. The predicted octanol–water partition coefficient (Wildman–Crippen LogP) is 4.90. The van der Waals surface area contributed by atoms with Crippen LogP contribution in [0.15, 0.2) is 65.7 Å². The molecule has 1 heterocycles. The molecule has 0 fully saturated rings. The van der Waals surface area contributed by atoms with Gasteiger partial charge in [-0.25, -0.2) is 13.4 Å². The number of sulfonamides is 1. The van der Waals surface area contributed by atoms with Crippen LogP contribution in [0.2, 0.25) is 5.02 Å². The largest absolute Gasteiger partial charge is 0.340 e. The van der Waals surface area contributed by atoms with E-state index >= 15 is 0 Å². The van der Waals surface area contributed by atoms with E-state index in [2.05, 4.69) is 15.0 Å². The van der Waals surface area contributed by atoms with E-state index in [9.17, 15) is 8.42 Å². The molecule has 3 rings (SSSR count). The molecule has 0 aliphatic carbocycles. The molecule has 0 saturated heterocycles. The van der Waals surface area contributed by atoms with Gasteiger partial charge in [-0.2, -0.15) is 0 Å². The van der Waals surface area contributed by atoms with Crippen LogP contribution in [0.5, 0.6) is 0 Å². The first kappa shape index (κ1) is 18.2. The van der Waals surface area contributed by atoms with Gasteiger partial charge in [0.15, 0.2) is 0 Å². The monoisotopic (exact) mass is 387 g/mol. The fraction of sp³-hybridized carbons (Fsp3) is 0.105. The average Bonchev–Trinajstić information content (AvgIpc) is 2.59. The fourth-order valence-electron chi connectivity index (χ4n) is 2.50. The van der Waals surface area contributed by atoms with Gasteiger partial charge in [0.2, 0.25) is 0 Å². The van der Waals surface area contributed by atoms with Gasteiger partial charge in [-0.05, 0) is 61.4 Å². The Morgan fingerprint density at radius 2 is 1.73 bits per heavy atom. The van der Waals surface area contributed by atoms with Gasteiger partial charge in [-0.15, -0.1) is 0 Å². The number of nitrogens with one attached hydrogen (secondary N) is 2. The van der Waals surface area contributed by atoms with Crippen molar-refractivity contribution in [1.29, 1.82) is 0 Å². The lowest BCUT2D eigenvalue weighted by Gasteiger charge is -2.12. The molecule has 0 radical (unpaired) electrons. The third kappa shape index (κ3) is 4.15. The summed E-state index contributed by atoms with van der Waals surface area (Å²) in [5.41, 5.74) is 2.95. The number of hydrogen-bond donors (Lipinski definition) is 2. The van der Waals surface area contributed by atoms with Crippen LogP contribution >= 0.6 is 11.6 Å². The fourth-order valence-corrected chi connectivity index (χ4v) is 4.02. The van der Waals surface area contributed by atoms with E-state index in [0.717, 1.165) is 11.3 Å². The Bertz CT molecular complexity index is 1030. The van der Waals surface area contributed by atoms with Crippen LogP contribution in [0.4, 0.5) is 17.2 Å². The SMILES string of the molecule is Cc1cc(Cl)ccc1Nc1ccc(NS(=O)(=O)c2ccccc2C)cn1. The Kier molecular flexibility index (Phi) is 5.15. The van der Waals surface area contributed by atoms with Crippen molar-refractivity contribution in [3.05, 3.63) is 76.9 Å². The van der Waals surface area contributed by atoms with Crippen molar-refractivity contribution in [3.63, 3.8) is 0 Å². The van der Waals surface area contributed by atoms with Crippen LogP contribution in [-0.2, 0) is 10.0 Å². The molecule has 0 unspecified atom stereocenters. The Labute approximate surface area is 158 Å². The van der Waals surface area contributed by atoms with Gasteiger partial charge >= 0.3 is 0 Å². The lowest BCUT2D eigenvalue weighted by atomic mass is 10.2. The number of aryl methyl sites for hydroxylation is 2. The highest BCUT2D eigenvalue weighted by molar-refractivity contribution is 7.92. The highest BCUT2D eigenvalue weighted by Gasteiger charge is 2.16. The zero-order chi connectivity index (χ0) is 18.7. The van der Waals surface area contributed by atoms with Crippen molar-refractivity contribution >= 4 is 38.8 Å². The van der Waals surface area contributed by atoms with Crippen molar-refractivity contribution in [2.45, 2.75) is 18.7 Å². The van der Waals surface area contributed by atoms with Crippen molar-refractivity contribution in [2.75, 3.05) is 10.0 Å². The molecule has 2 N–H and O–H groups in total. The molecular weight excluding hydrogens is 370 g/mol. The Hall–Kier alpha value is -2.57. The van der Waals surface area contributed by atoms with Gasteiger partial charge in [0.05, 0.1) is 16.8 Å². The summed E-state index contributed by atoms with van der Waals surface area (Å²) >= 11 is 5.96. The highest BCUT2D eigenvalue weighted by Crippen LogP contribution is 2.24. The minimum atomic E-state index is -3.65. The smallest absolute Gasteiger partial charge is 0.262 e. The number of anilines is 3. The maximum absolute atomic E-state index is 12.5. The van der Waals surface area contributed by atoms with Crippen molar-refractivity contribution in [3.8, 4) is 0 Å². The summed E-state index contributed by atoms with van der Waals surface area (Å²) in [7, 11) is -3.65. The minimum absolute atomic E-state index is 0.249. The lowest BCUT2D eigenvalue weighted by molar-refractivity contribution is 0.600. The average molecular weight is 388 g/mol. The first-order valence-electron chi connectivity index (χ1n) is 7.93. The van der Waals surface area contributed by atoms with E-state index in [1.54, 1.807) is 49.4 Å². The number of hydrogen-bond acceptors (Lipinski definition) is 4. The van der Waals surface area contributed by atoms with E-state index in [4.69, 9.17) is 11.6 Å². The number of benzene rings is 2. The molecule has 3 aromatic rings. The molecule has 0 atom stereocenters. The Morgan fingerprint density at radius 3 is 2.38 bits per heavy atom. The van der Waals surface area contributed by atoms with Crippen LogP contribution in [0.3, 0.4) is 0 Å². The van der Waals surface area contributed by atoms with Gasteiger partial charge in [0, 0.05) is 10.7 Å². The molecule has 7 heteroatoms. The maximum Gasteiger partial charge on any atom is 0.262 e. The van der Waals surface area contributed by atoms with E-state index in [-0.39, 0.29) is 4.90 Å². The summed E-state index contributed by atoms with van der Waals surface area (Å²) in [6.07, 6.45) is 1.48. The van der Waals surface area contributed by atoms with Crippen LogP contribution in [-0.4, -0.2) is 13.4 Å². The molecule has 0 aliphatic heterocycles. The first-order valence-corrected chi connectivity index (χ1v) is 9.79. The summed E-state index contributed by atoms with van der Waals surface area (Å²) in [4.78, 5) is 4.52. The van der Waals surface area contributed by atoms with E-state index < -0.39 is 10.0 Å². The standard InChI is InChI=1S/C19H18ClN3O2S/c1-13-5-3-4-6-18(13)26(24,25)23-16-8-10-19(21-12-16)22-17-9-7-15(20)11-14(17)2/h3-12,23H,1-2H3,(H,21,22). The molecule has 0 bridgehead atoms.